The minimum absolute atomic E-state index is 0.0878. The Balaban J connectivity index is 1.97. The van der Waals surface area contributed by atoms with Gasteiger partial charge in [0.15, 0.2) is 0 Å². The van der Waals surface area contributed by atoms with Crippen LogP contribution in [0.5, 0.6) is 0 Å². The first-order valence-corrected chi connectivity index (χ1v) is 12.7. The lowest BCUT2D eigenvalue weighted by atomic mass is 9.57. The number of nitrogens with one attached hydrogen (secondary N) is 1. The van der Waals surface area contributed by atoms with E-state index in [1.807, 2.05) is 12.1 Å². The smallest absolute Gasteiger partial charge is 0.115 e. The number of nitrogen functional groups attached to an aromatic ring is 1. The van der Waals surface area contributed by atoms with Gasteiger partial charge in [-0.1, -0.05) is 64.2 Å². The lowest BCUT2D eigenvalue weighted by molar-refractivity contribution is 0.175. The molecule has 0 radical (unpaired) electrons. The van der Waals surface area contributed by atoms with E-state index in [0.717, 1.165) is 54.3 Å². The van der Waals surface area contributed by atoms with Gasteiger partial charge in [-0.2, -0.15) is 0 Å². The maximum absolute atomic E-state index is 9.87. The molecule has 0 amide bonds. The predicted octanol–water partition coefficient (Wildman–Crippen LogP) is 5.60. The van der Waals surface area contributed by atoms with Gasteiger partial charge in [0.25, 0.3) is 0 Å². The van der Waals surface area contributed by atoms with Gasteiger partial charge in [-0.25, -0.2) is 0 Å². The predicted molar refractivity (Wildman–Crippen MR) is 142 cm³/mol. The van der Waals surface area contributed by atoms with Crippen LogP contribution in [0.25, 0.3) is 5.57 Å². The summed E-state index contributed by atoms with van der Waals surface area (Å²) < 4.78 is 0. The Morgan fingerprint density at radius 2 is 2.15 bits per heavy atom. The molecule has 4 nitrogen and oxygen atoms in total. The molecule has 5 atom stereocenters. The highest BCUT2D eigenvalue weighted by molar-refractivity contribution is 5.66. The normalized spacial score (nSPS) is 29.1. The third-order valence-corrected chi connectivity index (χ3v) is 8.53. The molecule has 2 aliphatic carbocycles. The Morgan fingerprint density at radius 3 is 2.74 bits per heavy atom. The van der Waals surface area contributed by atoms with E-state index in [1.54, 1.807) is 0 Å². The molecule has 0 aromatic heterocycles. The zero-order valence-electron chi connectivity index (χ0n) is 20.8. The fourth-order valence-corrected chi connectivity index (χ4v) is 6.31. The summed E-state index contributed by atoms with van der Waals surface area (Å²) in [4.78, 5) is 5.43. The monoisotopic (exact) mass is 457 g/mol. The van der Waals surface area contributed by atoms with E-state index >= 15 is 0 Å². The topological polar surface area (TPSA) is 82.5 Å². The second-order valence-corrected chi connectivity index (χ2v) is 10.4. The van der Waals surface area contributed by atoms with Crippen LogP contribution in [0.1, 0.15) is 58.4 Å². The number of aliphatic hydroxyl groups is 1. The first-order chi connectivity index (χ1) is 16.3. The molecule has 4 heteroatoms. The van der Waals surface area contributed by atoms with Crippen molar-refractivity contribution in [2.45, 2.75) is 65.3 Å². The highest BCUT2D eigenvalue weighted by Gasteiger charge is 2.48. The summed E-state index contributed by atoms with van der Waals surface area (Å²) in [6, 6.07) is 4.36. The maximum atomic E-state index is 9.87. The lowest BCUT2D eigenvalue weighted by Gasteiger charge is -2.49. The van der Waals surface area contributed by atoms with Gasteiger partial charge in [0.05, 0.1) is 11.4 Å². The van der Waals surface area contributed by atoms with E-state index in [1.165, 1.54) is 17.0 Å². The maximum Gasteiger partial charge on any atom is 0.115 e. The average molecular weight is 458 g/mol. The Kier molecular flexibility index (Phi) is 6.97. The summed E-state index contributed by atoms with van der Waals surface area (Å²) in [5.41, 5.74) is 10.4. The summed E-state index contributed by atoms with van der Waals surface area (Å²) in [6.07, 6.45) is 18.2. The van der Waals surface area contributed by atoms with Crippen molar-refractivity contribution in [2.24, 2.45) is 28.2 Å². The van der Waals surface area contributed by atoms with Crippen LogP contribution in [-0.4, -0.2) is 17.4 Å². The first-order valence-electron chi connectivity index (χ1n) is 12.7. The molecule has 1 aromatic rings. The Morgan fingerprint density at radius 1 is 1.35 bits per heavy atom. The number of nitrogens with zero attached hydrogens (tertiary/aromatic N) is 1. The number of allylic oxidation sites excluding steroid dienone is 4. The summed E-state index contributed by atoms with van der Waals surface area (Å²) in [5.74, 6) is 1.30. The van der Waals surface area contributed by atoms with Crippen LogP contribution in [0.4, 0.5) is 5.69 Å². The lowest BCUT2D eigenvalue weighted by Crippen LogP contribution is -2.53. The summed E-state index contributed by atoms with van der Waals surface area (Å²) >= 11 is 0. The molecule has 1 aromatic carbocycles. The molecule has 1 heterocycles. The molecule has 4 unspecified atom stereocenters. The minimum Gasteiger partial charge on any atom is -0.508 e. The number of anilines is 1. The standard InChI is InChI=1S/C30H39N3O/c1-5-19(2)30(4)28(22-9-7-6-8-10-22)25-17-24(15-16-31)26(32)18-27(25)33-29(30)23-13-11-21(12-14-23)20(3)34/h6-7,11-13,16-19,22-23,29,31,34H,3,5,8-10,14-15,32H2,1-2,4H3/t19?,22?,23?,29?,30-/m1/s1. The van der Waals surface area contributed by atoms with Gasteiger partial charge in [0.2, 0.25) is 0 Å². The van der Waals surface area contributed by atoms with Gasteiger partial charge < -0.3 is 16.2 Å². The molecule has 180 valence electrons. The van der Waals surface area contributed by atoms with Gasteiger partial charge in [-0.15, -0.1) is 0 Å². The summed E-state index contributed by atoms with van der Waals surface area (Å²) in [7, 11) is 0. The van der Waals surface area contributed by atoms with Crippen LogP contribution in [0.15, 0.2) is 65.4 Å². The van der Waals surface area contributed by atoms with Crippen molar-refractivity contribution < 1.29 is 5.11 Å². The molecule has 34 heavy (non-hydrogen) atoms. The Bertz CT molecular complexity index is 1190. The molecule has 4 N–H and O–H groups in total. The molecule has 0 spiro atoms. The molecule has 0 fully saturated rings. The number of hydrogen-bond acceptors (Lipinski definition) is 4. The van der Waals surface area contributed by atoms with Crippen LogP contribution >= 0.6 is 0 Å². The van der Waals surface area contributed by atoms with E-state index in [9.17, 15) is 5.11 Å². The van der Waals surface area contributed by atoms with Crippen molar-refractivity contribution in [3.63, 3.8) is 0 Å². The Hall–Kier alpha value is -2.88. The molecule has 3 aliphatic rings. The van der Waals surface area contributed by atoms with Crippen LogP contribution < -0.4 is 16.3 Å². The van der Waals surface area contributed by atoms with Crippen molar-refractivity contribution >= 4 is 17.5 Å². The van der Waals surface area contributed by atoms with E-state index in [4.69, 9.17) is 16.1 Å². The van der Waals surface area contributed by atoms with Gasteiger partial charge in [-0.05, 0) is 67.0 Å². The molecule has 0 saturated carbocycles. The number of rotatable bonds is 7. The molecule has 0 bridgehead atoms. The van der Waals surface area contributed by atoms with Gasteiger partial charge in [0, 0.05) is 34.2 Å². The third-order valence-electron chi connectivity index (χ3n) is 8.53. The van der Waals surface area contributed by atoms with Crippen molar-refractivity contribution in [3.8, 4) is 0 Å². The number of fused-ring (bicyclic) bond motifs is 1. The molecular formula is C30H39N3O. The fraction of sp³-hybridized carbons (Fsp3) is 0.467. The third kappa shape index (κ3) is 4.19. The van der Waals surface area contributed by atoms with Crippen LogP contribution in [0, 0.1) is 28.6 Å². The minimum atomic E-state index is -0.105. The van der Waals surface area contributed by atoms with Crippen molar-refractivity contribution in [1.82, 2.24) is 0 Å². The molecule has 4 rings (SSSR count). The van der Waals surface area contributed by atoms with Crippen LogP contribution in [0.2, 0.25) is 0 Å². The highest BCUT2D eigenvalue weighted by atomic mass is 16.3. The van der Waals surface area contributed by atoms with Gasteiger partial charge in [-0.3, -0.25) is 4.99 Å². The number of aliphatic hydroxyl groups excluding tert-OH is 1. The fourth-order valence-electron chi connectivity index (χ4n) is 6.31. The van der Waals surface area contributed by atoms with E-state index in [0.29, 0.717) is 18.3 Å². The van der Waals surface area contributed by atoms with Crippen LogP contribution in [0.3, 0.4) is 0 Å². The van der Waals surface area contributed by atoms with Gasteiger partial charge in [0.1, 0.15) is 5.76 Å². The Labute approximate surface area is 203 Å². The number of nitrogens with two attached hydrogens (primary N) is 1. The zero-order valence-corrected chi connectivity index (χ0v) is 20.8. The molecular weight excluding hydrogens is 418 g/mol. The molecule has 1 aliphatic heterocycles. The summed E-state index contributed by atoms with van der Waals surface area (Å²) in [5, 5.41) is 19.8. The van der Waals surface area contributed by atoms with Crippen LogP contribution in [-0.2, 0) is 6.42 Å². The second kappa shape index (κ2) is 9.77. The van der Waals surface area contributed by atoms with Crippen molar-refractivity contribution in [3.05, 3.63) is 76.6 Å². The quantitative estimate of drug-likeness (QED) is 0.216. The number of hydrogen-bond donors (Lipinski definition) is 3. The SMILES string of the molecule is C=C(O)C1=CCC(C2N=c3cc(N)c(CC=N)cc3=C(C3CC=CCC3)[C@@]2(C)C(C)CC)C=C1. The van der Waals surface area contributed by atoms with Gasteiger partial charge >= 0.3 is 0 Å². The van der Waals surface area contributed by atoms with Crippen molar-refractivity contribution in [2.75, 3.05) is 5.73 Å². The first kappa shape index (κ1) is 24.3. The zero-order chi connectivity index (χ0) is 24.5. The van der Waals surface area contributed by atoms with E-state index in [-0.39, 0.29) is 23.1 Å². The van der Waals surface area contributed by atoms with E-state index in [2.05, 4.69) is 57.7 Å². The number of benzene rings is 1. The highest BCUT2D eigenvalue weighted by Crippen LogP contribution is 2.51. The second-order valence-electron chi connectivity index (χ2n) is 10.4. The van der Waals surface area contributed by atoms with Crippen molar-refractivity contribution in [1.29, 1.82) is 5.41 Å². The van der Waals surface area contributed by atoms with E-state index < -0.39 is 0 Å². The molecule has 0 saturated heterocycles. The average Bonchev–Trinajstić information content (AvgIpc) is 2.84. The summed E-state index contributed by atoms with van der Waals surface area (Å²) in [6.45, 7) is 10.8. The largest absolute Gasteiger partial charge is 0.508 e.